The van der Waals surface area contributed by atoms with Crippen LogP contribution >= 0.6 is 11.6 Å². The Morgan fingerprint density at radius 1 is 1.14 bits per heavy atom. The summed E-state index contributed by atoms with van der Waals surface area (Å²) < 4.78 is 11.6. The lowest BCUT2D eigenvalue weighted by Gasteiger charge is -2.26. The molecule has 9 heteroatoms. The fourth-order valence-electron chi connectivity index (χ4n) is 4.62. The zero-order valence-electron chi connectivity index (χ0n) is 19.2. The number of pyridine rings is 1. The molecular formula is C27H23ClN4O4. The molecule has 8 nitrogen and oxygen atoms in total. The van der Waals surface area contributed by atoms with E-state index in [9.17, 15) is 9.90 Å². The van der Waals surface area contributed by atoms with E-state index in [-0.39, 0.29) is 24.4 Å². The van der Waals surface area contributed by atoms with Crippen molar-refractivity contribution in [1.29, 1.82) is 0 Å². The summed E-state index contributed by atoms with van der Waals surface area (Å²) in [6, 6.07) is 14.4. The van der Waals surface area contributed by atoms with E-state index in [4.69, 9.17) is 26.1 Å². The molecule has 36 heavy (non-hydrogen) atoms. The van der Waals surface area contributed by atoms with Gasteiger partial charge in [-0.2, -0.15) is 0 Å². The molecule has 5 aromatic rings. The monoisotopic (exact) mass is 502 g/mol. The molecule has 0 spiro atoms. The number of aliphatic hydroxyl groups is 1. The second-order valence-corrected chi connectivity index (χ2v) is 9.27. The number of benzene rings is 2. The Morgan fingerprint density at radius 3 is 2.75 bits per heavy atom. The van der Waals surface area contributed by atoms with Gasteiger partial charge in [0.05, 0.1) is 47.0 Å². The highest BCUT2D eigenvalue weighted by Gasteiger charge is 2.26. The van der Waals surface area contributed by atoms with Crippen molar-refractivity contribution in [3.63, 3.8) is 0 Å². The highest BCUT2D eigenvalue weighted by atomic mass is 35.5. The molecule has 0 aliphatic carbocycles. The van der Waals surface area contributed by atoms with Crippen LogP contribution in [0.15, 0.2) is 60.9 Å². The molecule has 1 aliphatic heterocycles. The molecule has 2 unspecified atom stereocenters. The molecule has 0 saturated carbocycles. The highest BCUT2D eigenvalue weighted by molar-refractivity contribution is 6.36. The average Bonchev–Trinajstić information content (AvgIpc) is 3.53. The van der Waals surface area contributed by atoms with Crippen molar-refractivity contribution in [2.24, 2.45) is 0 Å². The number of aromatic nitrogens is 4. The van der Waals surface area contributed by atoms with E-state index < -0.39 is 0 Å². The Morgan fingerprint density at radius 2 is 2.00 bits per heavy atom. The molecule has 1 aliphatic rings. The van der Waals surface area contributed by atoms with Crippen molar-refractivity contribution in [2.75, 3.05) is 13.2 Å². The minimum absolute atomic E-state index is 0.0220. The maximum absolute atomic E-state index is 13.6. The van der Waals surface area contributed by atoms with Crippen LogP contribution in [0.5, 0.6) is 11.5 Å². The van der Waals surface area contributed by atoms with Gasteiger partial charge in [0, 0.05) is 23.7 Å². The minimum atomic E-state index is -0.233. The van der Waals surface area contributed by atoms with Crippen molar-refractivity contribution in [3.05, 3.63) is 82.9 Å². The number of halogens is 1. The fourth-order valence-corrected chi connectivity index (χ4v) is 4.88. The topological polar surface area (TPSA) is 113 Å². The van der Waals surface area contributed by atoms with Gasteiger partial charge < -0.3 is 24.5 Å². The molecule has 0 radical (unpaired) electrons. The zero-order chi connectivity index (χ0) is 24.6. The largest absolute Gasteiger partial charge is 0.457 e. The Bertz CT molecular complexity index is 1550. The number of aliphatic hydroxyl groups excluding tert-OH is 1. The van der Waals surface area contributed by atoms with Crippen LogP contribution in [-0.4, -0.2) is 50.1 Å². The summed E-state index contributed by atoms with van der Waals surface area (Å²) in [7, 11) is 0. The number of nitrogens with zero attached hydrogens (tertiary/aromatic N) is 2. The summed E-state index contributed by atoms with van der Waals surface area (Å²) in [5.41, 5.74) is 2.79. The van der Waals surface area contributed by atoms with Crippen LogP contribution < -0.4 is 4.74 Å². The summed E-state index contributed by atoms with van der Waals surface area (Å²) in [6.45, 7) is 0.502. The number of ketones is 1. The number of para-hydroxylation sites is 1. The third-order valence-electron chi connectivity index (χ3n) is 6.54. The molecule has 2 aromatic carbocycles. The highest BCUT2D eigenvalue weighted by Crippen LogP contribution is 2.33. The van der Waals surface area contributed by atoms with Gasteiger partial charge >= 0.3 is 0 Å². The van der Waals surface area contributed by atoms with E-state index in [0.29, 0.717) is 50.8 Å². The van der Waals surface area contributed by atoms with Crippen LogP contribution in [0.25, 0.3) is 22.1 Å². The van der Waals surface area contributed by atoms with E-state index in [1.54, 1.807) is 30.6 Å². The molecule has 3 aromatic heterocycles. The molecular weight excluding hydrogens is 480 g/mol. The van der Waals surface area contributed by atoms with Gasteiger partial charge in [-0.1, -0.05) is 29.8 Å². The smallest absolute Gasteiger partial charge is 0.196 e. The van der Waals surface area contributed by atoms with Crippen molar-refractivity contribution >= 4 is 39.5 Å². The standard InChI is InChI=1S/C27H23ClN4O4/c28-21-10-17(36-16-4-2-1-3-5-16)8-9-19(21)25(34)20-11-29-27-23(20)24-22(12-30-27)31-26(32-24)15-6-7-18(13-33)35-14-15/h1-5,8-12,15,18,33H,6-7,13-14H2,(H,29,30)(H,31,32). The Balaban J connectivity index is 1.33. The Kier molecular flexibility index (Phi) is 5.92. The quantitative estimate of drug-likeness (QED) is 0.269. The summed E-state index contributed by atoms with van der Waals surface area (Å²) in [4.78, 5) is 29.3. The molecule has 3 N–H and O–H groups in total. The van der Waals surface area contributed by atoms with Crippen molar-refractivity contribution < 1.29 is 19.4 Å². The number of aromatic amines is 2. The number of rotatable bonds is 6. The van der Waals surface area contributed by atoms with Gasteiger partial charge in [-0.3, -0.25) is 4.79 Å². The first-order valence-corrected chi connectivity index (χ1v) is 12.1. The number of nitrogens with one attached hydrogen (secondary N) is 2. The number of hydrogen-bond acceptors (Lipinski definition) is 6. The third kappa shape index (κ3) is 4.13. The van der Waals surface area contributed by atoms with Crippen LogP contribution in [-0.2, 0) is 4.74 Å². The summed E-state index contributed by atoms with van der Waals surface area (Å²) in [5.74, 6) is 1.86. The van der Waals surface area contributed by atoms with Crippen LogP contribution in [0.4, 0.5) is 0 Å². The fraction of sp³-hybridized carbons (Fsp3) is 0.222. The molecule has 6 rings (SSSR count). The predicted octanol–water partition coefficient (Wildman–Crippen LogP) is 5.37. The first-order valence-electron chi connectivity index (χ1n) is 11.8. The predicted molar refractivity (Wildman–Crippen MR) is 136 cm³/mol. The number of fused-ring (bicyclic) bond motifs is 3. The maximum atomic E-state index is 13.6. The van der Waals surface area contributed by atoms with Gasteiger partial charge in [-0.15, -0.1) is 0 Å². The number of carbonyl (C=O) groups excluding carboxylic acids is 1. The Labute approximate surface area is 211 Å². The number of carbonyl (C=O) groups is 1. The van der Waals surface area contributed by atoms with Gasteiger partial charge in [0.1, 0.15) is 28.5 Å². The SMILES string of the molecule is O=C(c1ccc(Oc2ccccc2)cc1Cl)c1c[nH]c2ncc3[nH]c(C4CCC(CO)OC4)nc3c12. The van der Waals surface area contributed by atoms with Crippen molar-refractivity contribution in [3.8, 4) is 11.5 Å². The average molecular weight is 503 g/mol. The van der Waals surface area contributed by atoms with E-state index in [0.717, 1.165) is 24.2 Å². The second kappa shape index (κ2) is 9.39. The first-order chi connectivity index (χ1) is 17.6. The van der Waals surface area contributed by atoms with Crippen LogP contribution in [0.3, 0.4) is 0 Å². The lowest BCUT2D eigenvalue weighted by molar-refractivity contribution is -0.0280. The second-order valence-electron chi connectivity index (χ2n) is 8.87. The molecule has 1 fully saturated rings. The zero-order valence-corrected chi connectivity index (χ0v) is 20.0. The molecule has 0 amide bonds. The van der Waals surface area contributed by atoms with E-state index in [1.165, 1.54) is 0 Å². The number of H-pyrrole nitrogens is 2. The van der Waals surface area contributed by atoms with Crippen molar-refractivity contribution in [2.45, 2.75) is 24.9 Å². The van der Waals surface area contributed by atoms with Crippen LogP contribution in [0, 0.1) is 0 Å². The van der Waals surface area contributed by atoms with E-state index >= 15 is 0 Å². The van der Waals surface area contributed by atoms with Gasteiger partial charge in [0.25, 0.3) is 0 Å². The number of hydrogen-bond donors (Lipinski definition) is 3. The maximum Gasteiger partial charge on any atom is 0.196 e. The molecule has 0 bridgehead atoms. The van der Waals surface area contributed by atoms with Gasteiger partial charge in [-0.05, 0) is 37.1 Å². The van der Waals surface area contributed by atoms with Crippen LogP contribution in [0.1, 0.15) is 40.5 Å². The lowest BCUT2D eigenvalue weighted by Crippen LogP contribution is -2.27. The minimum Gasteiger partial charge on any atom is -0.457 e. The third-order valence-corrected chi connectivity index (χ3v) is 6.85. The summed E-state index contributed by atoms with van der Waals surface area (Å²) >= 11 is 6.53. The van der Waals surface area contributed by atoms with E-state index in [2.05, 4.69) is 15.0 Å². The van der Waals surface area contributed by atoms with Gasteiger partial charge in [-0.25, -0.2) is 9.97 Å². The molecule has 182 valence electrons. The van der Waals surface area contributed by atoms with E-state index in [1.807, 2.05) is 30.3 Å². The summed E-state index contributed by atoms with van der Waals surface area (Å²) in [5, 5.41) is 10.3. The number of ether oxygens (including phenoxy) is 2. The summed E-state index contributed by atoms with van der Waals surface area (Å²) in [6.07, 6.45) is 4.85. The Hall–Kier alpha value is -3.72. The van der Waals surface area contributed by atoms with Gasteiger partial charge in [0.15, 0.2) is 5.78 Å². The molecule has 4 heterocycles. The molecule has 1 saturated heterocycles. The lowest BCUT2D eigenvalue weighted by atomic mass is 9.98. The first kappa shape index (κ1) is 22.7. The number of imidazole rings is 1. The van der Waals surface area contributed by atoms with Crippen molar-refractivity contribution in [1.82, 2.24) is 19.9 Å². The van der Waals surface area contributed by atoms with Crippen LogP contribution in [0.2, 0.25) is 5.02 Å². The molecule has 2 atom stereocenters. The normalized spacial score (nSPS) is 18.1. The van der Waals surface area contributed by atoms with Gasteiger partial charge in [0.2, 0.25) is 0 Å².